The van der Waals surface area contributed by atoms with Crippen molar-refractivity contribution in [2.75, 3.05) is 51.4 Å². The van der Waals surface area contributed by atoms with Gasteiger partial charge in [-0.15, -0.1) is 0 Å². The molecule has 0 radical (unpaired) electrons. The van der Waals surface area contributed by atoms with E-state index in [1.54, 1.807) is 6.21 Å². The van der Waals surface area contributed by atoms with E-state index in [2.05, 4.69) is 47.3 Å². The number of ether oxygens (including phenoxy) is 2. The third-order valence-corrected chi connectivity index (χ3v) is 4.64. The highest BCUT2D eigenvalue weighted by molar-refractivity contribution is 5.83. The number of fused-ring (bicyclic) bond motifs is 1. The minimum absolute atomic E-state index is 0.310. The smallest absolute Gasteiger partial charge is 0.321 e. The molecule has 0 bridgehead atoms. The van der Waals surface area contributed by atoms with Crippen molar-refractivity contribution >= 4 is 23.1 Å². The van der Waals surface area contributed by atoms with Gasteiger partial charge in [-0.1, -0.05) is 18.2 Å². The van der Waals surface area contributed by atoms with Gasteiger partial charge in [-0.25, -0.2) is 0 Å². The van der Waals surface area contributed by atoms with E-state index in [0.717, 1.165) is 24.2 Å². The number of benzene rings is 1. The van der Waals surface area contributed by atoms with Crippen LogP contribution in [0.4, 0.5) is 5.95 Å². The number of rotatable bonds is 8. The van der Waals surface area contributed by atoms with Gasteiger partial charge in [-0.3, -0.25) is 4.99 Å². The molecule has 9 nitrogen and oxygen atoms in total. The monoisotopic (exact) mass is 395 g/mol. The Kier molecular flexibility index (Phi) is 6.28. The molecule has 29 heavy (non-hydrogen) atoms. The maximum Gasteiger partial charge on any atom is 0.321 e. The van der Waals surface area contributed by atoms with Crippen molar-refractivity contribution in [2.24, 2.45) is 4.99 Å². The van der Waals surface area contributed by atoms with E-state index in [0.29, 0.717) is 50.7 Å². The average molecular weight is 395 g/mol. The van der Waals surface area contributed by atoms with Gasteiger partial charge >= 0.3 is 6.01 Å². The number of likely N-dealkylation sites (N-methyl/N-ethyl adjacent to an activating group) is 1. The van der Waals surface area contributed by atoms with Crippen molar-refractivity contribution in [3.63, 3.8) is 0 Å². The molecule has 1 saturated heterocycles. The fraction of sp³-hybridized carbons (Fsp3) is 0.400. The average Bonchev–Trinajstić information content (AvgIpc) is 3.18. The number of hydrogen-bond acceptors (Lipinski definition) is 8. The van der Waals surface area contributed by atoms with E-state index in [1.807, 2.05) is 25.4 Å². The number of nitrogens with zero attached hydrogens (tertiary/aromatic N) is 5. The summed E-state index contributed by atoms with van der Waals surface area (Å²) in [7, 11) is 1.87. The van der Waals surface area contributed by atoms with Gasteiger partial charge in [0.15, 0.2) is 5.82 Å². The van der Waals surface area contributed by atoms with Crippen molar-refractivity contribution in [3.05, 3.63) is 41.9 Å². The van der Waals surface area contributed by atoms with Gasteiger partial charge < -0.3 is 24.7 Å². The zero-order valence-electron chi connectivity index (χ0n) is 16.5. The third kappa shape index (κ3) is 4.87. The first kappa shape index (κ1) is 19.3. The summed E-state index contributed by atoms with van der Waals surface area (Å²) in [6, 6.07) is 8.49. The lowest BCUT2D eigenvalue weighted by Gasteiger charge is -2.26. The molecule has 2 aromatic heterocycles. The van der Waals surface area contributed by atoms with Gasteiger partial charge in [0.1, 0.15) is 6.61 Å². The number of para-hydroxylation sites is 1. The lowest BCUT2D eigenvalue weighted by atomic mass is 10.2. The summed E-state index contributed by atoms with van der Waals surface area (Å²) < 4.78 is 11.1. The molecular formula is C20H25N7O2. The van der Waals surface area contributed by atoms with Crippen LogP contribution in [0.1, 0.15) is 11.4 Å². The summed E-state index contributed by atoms with van der Waals surface area (Å²) in [5.41, 5.74) is 2.23. The Bertz CT molecular complexity index is 966. The van der Waals surface area contributed by atoms with Crippen molar-refractivity contribution in [2.45, 2.75) is 6.54 Å². The van der Waals surface area contributed by atoms with Gasteiger partial charge in [0.25, 0.3) is 0 Å². The first-order chi connectivity index (χ1) is 14.3. The zero-order chi connectivity index (χ0) is 19.9. The van der Waals surface area contributed by atoms with E-state index >= 15 is 0 Å². The summed E-state index contributed by atoms with van der Waals surface area (Å²) in [5, 5.41) is 4.21. The number of morpholine rings is 1. The van der Waals surface area contributed by atoms with Gasteiger partial charge in [0.05, 0.1) is 26.0 Å². The topological polar surface area (TPSA) is 101 Å². The SMILES string of the molecule is CNCCOc1nc(C=NCc2c[nH]c3ccccc23)nc(N2CCOCC2)n1. The number of H-pyrrole nitrogens is 1. The summed E-state index contributed by atoms with van der Waals surface area (Å²) in [6.45, 7) is 4.53. The number of aromatic amines is 1. The predicted octanol–water partition coefficient (Wildman–Crippen LogP) is 1.41. The molecule has 2 N–H and O–H groups in total. The van der Waals surface area contributed by atoms with Crippen LogP contribution in [-0.4, -0.2) is 72.7 Å². The van der Waals surface area contributed by atoms with Crippen LogP contribution in [0.3, 0.4) is 0 Å². The summed E-state index contributed by atoms with van der Waals surface area (Å²) in [6.07, 6.45) is 3.67. The Labute approximate surface area is 169 Å². The highest BCUT2D eigenvalue weighted by Gasteiger charge is 2.16. The van der Waals surface area contributed by atoms with E-state index in [4.69, 9.17) is 9.47 Å². The highest BCUT2D eigenvalue weighted by atomic mass is 16.5. The molecule has 1 aliphatic heterocycles. The Hall–Kier alpha value is -3.04. The molecule has 0 unspecified atom stereocenters. The first-order valence-corrected chi connectivity index (χ1v) is 9.74. The molecule has 4 rings (SSSR count). The predicted molar refractivity (Wildman–Crippen MR) is 112 cm³/mol. The van der Waals surface area contributed by atoms with Crippen LogP contribution < -0.4 is 15.0 Å². The third-order valence-electron chi connectivity index (χ3n) is 4.64. The number of aromatic nitrogens is 4. The Morgan fingerprint density at radius 2 is 2.10 bits per heavy atom. The molecule has 1 aliphatic rings. The minimum atomic E-state index is 0.310. The molecule has 9 heteroatoms. The fourth-order valence-electron chi connectivity index (χ4n) is 3.12. The van der Waals surface area contributed by atoms with Crippen molar-refractivity contribution < 1.29 is 9.47 Å². The van der Waals surface area contributed by atoms with Gasteiger partial charge in [-0.2, -0.15) is 15.0 Å². The standard InChI is InChI=1S/C20H25N7O2/c1-21-6-9-29-20-25-18(24-19(26-20)27-7-10-28-11-8-27)14-22-12-15-13-23-17-5-3-2-4-16(15)17/h2-5,13-14,21,23H,6-12H2,1H3. The molecular weight excluding hydrogens is 370 g/mol. The van der Waals surface area contributed by atoms with E-state index < -0.39 is 0 Å². The second-order valence-electron chi connectivity index (χ2n) is 6.66. The molecule has 1 aromatic carbocycles. The zero-order valence-corrected chi connectivity index (χ0v) is 16.5. The van der Waals surface area contributed by atoms with E-state index in [-0.39, 0.29) is 0 Å². The van der Waals surface area contributed by atoms with E-state index in [9.17, 15) is 0 Å². The van der Waals surface area contributed by atoms with Crippen LogP contribution in [0.5, 0.6) is 6.01 Å². The first-order valence-electron chi connectivity index (χ1n) is 9.74. The maximum absolute atomic E-state index is 5.68. The number of anilines is 1. The lowest BCUT2D eigenvalue weighted by Crippen LogP contribution is -2.37. The van der Waals surface area contributed by atoms with Gasteiger partial charge in [0, 0.05) is 36.7 Å². The summed E-state index contributed by atoms with van der Waals surface area (Å²) in [4.78, 5) is 23.3. The summed E-state index contributed by atoms with van der Waals surface area (Å²) >= 11 is 0. The van der Waals surface area contributed by atoms with Crippen LogP contribution in [0, 0.1) is 0 Å². The second kappa shape index (κ2) is 9.44. The Morgan fingerprint density at radius 1 is 1.24 bits per heavy atom. The van der Waals surface area contributed by atoms with Crippen molar-refractivity contribution in [3.8, 4) is 6.01 Å². The molecule has 152 valence electrons. The largest absolute Gasteiger partial charge is 0.462 e. The minimum Gasteiger partial charge on any atom is -0.462 e. The normalized spacial score (nSPS) is 14.7. The van der Waals surface area contributed by atoms with Crippen molar-refractivity contribution in [1.29, 1.82) is 0 Å². The van der Waals surface area contributed by atoms with Crippen LogP contribution >= 0.6 is 0 Å². The molecule has 0 aliphatic carbocycles. The second-order valence-corrected chi connectivity index (χ2v) is 6.66. The Morgan fingerprint density at radius 3 is 2.97 bits per heavy atom. The lowest BCUT2D eigenvalue weighted by molar-refractivity contribution is 0.122. The molecule has 0 amide bonds. The van der Waals surface area contributed by atoms with Gasteiger partial charge in [0.2, 0.25) is 5.95 Å². The van der Waals surface area contributed by atoms with Crippen LogP contribution in [-0.2, 0) is 11.3 Å². The van der Waals surface area contributed by atoms with E-state index in [1.165, 1.54) is 5.39 Å². The van der Waals surface area contributed by atoms with Crippen LogP contribution in [0.2, 0.25) is 0 Å². The molecule has 1 fully saturated rings. The Balaban J connectivity index is 1.52. The molecule has 0 saturated carbocycles. The van der Waals surface area contributed by atoms with Gasteiger partial charge in [-0.05, 0) is 18.7 Å². The number of nitrogens with one attached hydrogen (secondary N) is 2. The molecule has 3 heterocycles. The van der Waals surface area contributed by atoms with Crippen LogP contribution in [0.15, 0.2) is 35.5 Å². The summed E-state index contributed by atoms with van der Waals surface area (Å²) in [5.74, 6) is 1.08. The van der Waals surface area contributed by atoms with Crippen LogP contribution in [0.25, 0.3) is 10.9 Å². The quantitative estimate of drug-likeness (QED) is 0.439. The highest BCUT2D eigenvalue weighted by Crippen LogP contribution is 2.18. The molecule has 0 atom stereocenters. The fourth-order valence-corrected chi connectivity index (χ4v) is 3.12. The van der Waals surface area contributed by atoms with Crippen molar-refractivity contribution in [1.82, 2.24) is 25.3 Å². The maximum atomic E-state index is 5.68. The molecule has 3 aromatic rings. The number of hydrogen-bond donors (Lipinski definition) is 2. The molecule has 0 spiro atoms. The number of aliphatic imine (C=N–C) groups is 1.